The Morgan fingerprint density at radius 2 is 2.17 bits per heavy atom. The van der Waals surface area contributed by atoms with E-state index in [0.717, 1.165) is 56.4 Å². The molecule has 1 aromatic carbocycles. The van der Waals surface area contributed by atoms with Gasteiger partial charge < -0.3 is 5.32 Å². The monoisotopic (exact) mass is 408 g/mol. The fraction of sp³-hybridized carbons (Fsp3) is 0.381. The Bertz CT molecular complexity index is 988. The van der Waals surface area contributed by atoms with Crippen LogP contribution in [0.2, 0.25) is 0 Å². The molecular formula is C21H24N6O3. The Morgan fingerprint density at radius 1 is 1.33 bits per heavy atom. The van der Waals surface area contributed by atoms with Gasteiger partial charge in [0.05, 0.1) is 4.92 Å². The van der Waals surface area contributed by atoms with E-state index in [-0.39, 0.29) is 11.7 Å². The molecule has 0 atom stereocenters. The summed E-state index contributed by atoms with van der Waals surface area (Å²) in [6.45, 7) is 4.93. The smallest absolute Gasteiger partial charge is 0.293 e. The summed E-state index contributed by atoms with van der Waals surface area (Å²) in [5.74, 6) is 0.885. The topological polar surface area (TPSA) is 104 Å². The highest BCUT2D eigenvalue weighted by Crippen LogP contribution is 2.34. The van der Waals surface area contributed by atoms with Gasteiger partial charge in [-0.05, 0) is 43.0 Å². The summed E-state index contributed by atoms with van der Waals surface area (Å²) in [4.78, 5) is 34.9. The summed E-state index contributed by atoms with van der Waals surface area (Å²) in [5, 5.41) is 14.7. The molecule has 1 aliphatic carbocycles. The van der Waals surface area contributed by atoms with Crippen molar-refractivity contribution in [2.45, 2.75) is 32.2 Å². The Labute approximate surface area is 174 Å². The fourth-order valence-electron chi connectivity index (χ4n) is 3.62. The number of carbonyl (C=O) groups is 1. The van der Waals surface area contributed by atoms with E-state index >= 15 is 0 Å². The van der Waals surface area contributed by atoms with Crippen LogP contribution in [0.15, 0.2) is 36.7 Å². The number of carbonyl (C=O) groups excluding carboxylic acids is 1. The minimum atomic E-state index is -0.391. The molecule has 2 aliphatic rings. The summed E-state index contributed by atoms with van der Waals surface area (Å²) < 4.78 is 0. The molecule has 1 fully saturated rings. The third-order valence-electron chi connectivity index (χ3n) is 5.54. The molecule has 1 aliphatic heterocycles. The largest absolute Gasteiger partial charge is 0.334 e. The molecule has 9 nitrogen and oxygen atoms in total. The first-order valence-corrected chi connectivity index (χ1v) is 10.1. The van der Waals surface area contributed by atoms with E-state index in [2.05, 4.69) is 33.2 Å². The van der Waals surface area contributed by atoms with Crippen molar-refractivity contribution in [3.63, 3.8) is 0 Å². The molecule has 2 heterocycles. The van der Waals surface area contributed by atoms with Crippen molar-refractivity contribution in [1.29, 1.82) is 0 Å². The van der Waals surface area contributed by atoms with Crippen LogP contribution in [0.1, 0.15) is 31.7 Å². The predicted octanol–water partition coefficient (Wildman–Crippen LogP) is 3.36. The number of likely N-dealkylation sites (N-methyl/N-ethyl adjacent to an activating group) is 1. The van der Waals surface area contributed by atoms with Crippen molar-refractivity contribution in [3.05, 3.63) is 52.3 Å². The van der Waals surface area contributed by atoms with Crippen LogP contribution in [0, 0.1) is 10.1 Å². The van der Waals surface area contributed by atoms with Crippen LogP contribution in [0.3, 0.4) is 0 Å². The van der Waals surface area contributed by atoms with Crippen LogP contribution < -0.4 is 10.2 Å². The van der Waals surface area contributed by atoms with E-state index in [1.807, 2.05) is 6.07 Å². The van der Waals surface area contributed by atoms with Gasteiger partial charge in [0.1, 0.15) is 23.7 Å². The molecule has 0 spiro atoms. The summed E-state index contributed by atoms with van der Waals surface area (Å²) in [7, 11) is 0. The molecule has 1 N–H and O–H groups in total. The molecule has 1 amide bonds. The lowest BCUT2D eigenvalue weighted by Crippen LogP contribution is -2.28. The summed E-state index contributed by atoms with van der Waals surface area (Å²) in [5.41, 5.74) is 2.34. The van der Waals surface area contributed by atoms with E-state index in [0.29, 0.717) is 17.3 Å². The van der Waals surface area contributed by atoms with Crippen LogP contribution in [0.5, 0.6) is 0 Å². The number of benzene rings is 1. The first-order chi connectivity index (χ1) is 14.6. The quantitative estimate of drug-likeness (QED) is 0.406. The number of nitrogens with zero attached hydrogens (tertiary/aromatic N) is 5. The number of anilines is 3. The van der Waals surface area contributed by atoms with Gasteiger partial charge in [-0.3, -0.25) is 24.7 Å². The second kappa shape index (κ2) is 8.58. The predicted molar refractivity (Wildman–Crippen MR) is 115 cm³/mol. The van der Waals surface area contributed by atoms with E-state index in [1.54, 1.807) is 23.1 Å². The summed E-state index contributed by atoms with van der Waals surface area (Å²) in [6.07, 6.45) is 7.02. The molecule has 0 bridgehead atoms. The van der Waals surface area contributed by atoms with Crippen molar-refractivity contribution in [2.24, 2.45) is 0 Å². The molecule has 0 unspecified atom stereocenters. The van der Waals surface area contributed by atoms with E-state index in [1.165, 1.54) is 6.33 Å². The number of hydrogen-bond acceptors (Lipinski definition) is 7. The molecule has 9 heteroatoms. The zero-order chi connectivity index (χ0) is 21.1. The van der Waals surface area contributed by atoms with E-state index < -0.39 is 4.92 Å². The van der Waals surface area contributed by atoms with Crippen molar-refractivity contribution in [3.8, 4) is 0 Å². The number of nitro benzene ring substituents is 1. The number of aromatic nitrogens is 2. The Balaban J connectivity index is 1.58. The molecule has 0 saturated heterocycles. The zero-order valence-electron chi connectivity index (χ0n) is 16.8. The third-order valence-corrected chi connectivity index (χ3v) is 5.54. The van der Waals surface area contributed by atoms with Crippen molar-refractivity contribution >= 4 is 35.0 Å². The molecule has 0 radical (unpaired) electrons. The number of nitro groups is 1. The zero-order valence-corrected chi connectivity index (χ0v) is 16.8. The van der Waals surface area contributed by atoms with Gasteiger partial charge in [-0.2, -0.15) is 0 Å². The number of hydrogen-bond donors (Lipinski definition) is 1. The number of rotatable bonds is 8. The SMILES string of the molecule is CCN1CC=C(c2ccc(Nc3cc(N(C=O)C4CC4)ncn3)c([N+](=O)[O-])c2)CC1. The van der Waals surface area contributed by atoms with Gasteiger partial charge in [0.15, 0.2) is 0 Å². The highest BCUT2D eigenvalue weighted by atomic mass is 16.6. The second-order valence-corrected chi connectivity index (χ2v) is 7.49. The van der Waals surface area contributed by atoms with Crippen LogP contribution in [-0.4, -0.2) is 51.9 Å². The maximum atomic E-state index is 11.7. The van der Waals surface area contributed by atoms with Crippen LogP contribution >= 0.6 is 0 Å². The van der Waals surface area contributed by atoms with Gasteiger partial charge in [-0.25, -0.2) is 9.97 Å². The molecule has 2 aromatic rings. The second-order valence-electron chi connectivity index (χ2n) is 7.49. The standard InChI is InChI=1S/C21H24N6O3/c1-2-25-9-7-15(8-10-25)16-3-6-18(19(11-16)27(29)30)24-20-12-21(23-13-22-20)26(14-28)17-4-5-17/h3,6-7,11-14,17H,2,4-5,8-10H2,1H3,(H,22,23,24). The molecule has 156 valence electrons. The first-order valence-electron chi connectivity index (χ1n) is 10.1. The average Bonchev–Trinajstić information content (AvgIpc) is 3.60. The average molecular weight is 408 g/mol. The lowest BCUT2D eigenvalue weighted by atomic mass is 9.98. The summed E-state index contributed by atoms with van der Waals surface area (Å²) in [6, 6.07) is 7.02. The first kappa shape index (κ1) is 20.0. The molecular weight excluding hydrogens is 384 g/mol. The van der Waals surface area contributed by atoms with Crippen LogP contribution in [0.25, 0.3) is 5.57 Å². The van der Waals surface area contributed by atoms with Crippen molar-refractivity contribution in [1.82, 2.24) is 14.9 Å². The third kappa shape index (κ3) is 4.30. The van der Waals surface area contributed by atoms with E-state index in [4.69, 9.17) is 0 Å². The maximum absolute atomic E-state index is 11.7. The van der Waals surface area contributed by atoms with Gasteiger partial charge >= 0.3 is 0 Å². The van der Waals surface area contributed by atoms with Gasteiger partial charge in [-0.15, -0.1) is 0 Å². The Morgan fingerprint density at radius 3 is 2.80 bits per heavy atom. The lowest BCUT2D eigenvalue weighted by Gasteiger charge is -2.25. The highest BCUT2D eigenvalue weighted by Gasteiger charge is 2.30. The molecule has 1 saturated carbocycles. The van der Waals surface area contributed by atoms with Gasteiger partial charge in [0, 0.05) is 31.3 Å². The Hall–Kier alpha value is -3.33. The van der Waals surface area contributed by atoms with Gasteiger partial charge in [0.25, 0.3) is 5.69 Å². The lowest BCUT2D eigenvalue weighted by molar-refractivity contribution is -0.383. The van der Waals surface area contributed by atoms with Gasteiger partial charge in [-0.1, -0.05) is 19.1 Å². The van der Waals surface area contributed by atoms with Crippen LogP contribution in [-0.2, 0) is 4.79 Å². The minimum Gasteiger partial charge on any atom is -0.334 e. The van der Waals surface area contributed by atoms with Crippen molar-refractivity contribution < 1.29 is 9.72 Å². The Kier molecular flexibility index (Phi) is 5.71. The van der Waals surface area contributed by atoms with Crippen molar-refractivity contribution in [2.75, 3.05) is 29.9 Å². The molecule has 1 aromatic heterocycles. The molecule has 4 rings (SSSR count). The highest BCUT2D eigenvalue weighted by molar-refractivity contribution is 5.78. The number of amides is 1. The normalized spacial score (nSPS) is 16.6. The summed E-state index contributed by atoms with van der Waals surface area (Å²) >= 11 is 0. The number of nitrogens with one attached hydrogen (secondary N) is 1. The fourth-order valence-corrected chi connectivity index (χ4v) is 3.62. The van der Waals surface area contributed by atoms with E-state index in [9.17, 15) is 14.9 Å². The minimum absolute atomic E-state index is 0.0130. The van der Waals surface area contributed by atoms with Gasteiger partial charge in [0.2, 0.25) is 6.41 Å². The van der Waals surface area contributed by atoms with Crippen LogP contribution in [0.4, 0.5) is 23.0 Å². The molecule has 30 heavy (non-hydrogen) atoms. The maximum Gasteiger partial charge on any atom is 0.293 e.